The lowest BCUT2D eigenvalue weighted by molar-refractivity contribution is 0.137. The maximum absolute atomic E-state index is 10.6. The number of phenols is 1. The Morgan fingerprint density at radius 3 is 2.61 bits per heavy atom. The Hall–Kier alpha value is -3.08. The first-order chi connectivity index (χ1) is 15.0. The summed E-state index contributed by atoms with van der Waals surface area (Å²) in [5, 5.41) is 10.6. The van der Waals surface area contributed by atoms with Crippen LogP contribution in [0.4, 0.5) is 0 Å². The first-order valence-corrected chi connectivity index (χ1v) is 10.9. The summed E-state index contributed by atoms with van der Waals surface area (Å²) in [6.45, 7) is 7.13. The zero-order valence-corrected chi connectivity index (χ0v) is 18.2. The van der Waals surface area contributed by atoms with E-state index in [1.54, 1.807) is 6.07 Å². The molecule has 3 aliphatic rings. The number of hydrogen-bond donors (Lipinski definition) is 1. The monoisotopic (exact) mass is 420 g/mol. The molecule has 0 saturated heterocycles. The summed E-state index contributed by atoms with van der Waals surface area (Å²) < 4.78 is 23.6. The van der Waals surface area contributed by atoms with Crippen LogP contribution in [-0.4, -0.2) is 18.5 Å². The Balaban J connectivity index is 1.40. The Labute approximate surface area is 182 Å². The number of rotatable bonds is 5. The van der Waals surface area contributed by atoms with Crippen molar-refractivity contribution < 1.29 is 24.1 Å². The van der Waals surface area contributed by atoms with Gasteiger partial charge in [0, 0.05) is 22.8 Å². The van der Waals surface area contributed by atoms with E-state index in [0.717, 1.165) is 52.5 Å². The molecule has 1 N–H and O–H groups in total. The van der Waals surface area contributed by atoms with Crippen LogP contribution in [0.3, 0.4) is 0 Å². The van der Waals surface area contributed by atoms with Crippen molar-refractivity contribution in [2.75, 3.05) is 13.4 Å². The molecule has 162 valence electrons. The van der Waals surface area contributed by atoms with Crippen molar-refractivity contribution in [3.63, 3.8) is 0 Å². The molecule has 0 fully saturated rings. The molecule has 2 aromatic rings. The molecule has 5 rings (SSSR count). The van der Waals surface area contributed by atoms with E-state index in [-0.39, 0.29) is 24.6 Å². The minimum atomic E-state index is -0.136. The largest absolute Gasteiger partial charge is 0.508 e. The molecule has 0 amide bonds. The summed E-state index contributed by atoms with van der Waals surface area (Å²) in [7, 11) is 0. The minimum absolute atomic E-state index is 0.0933. The lowest BCUT2D eigenvalue weighted by atomic mass is 9.87. The van der Waals surface area contributed by atoms with Gasteiger partial charge in [0.05, 0.1) is 12.5 Å². The van der Waals surface area contributed by atoms with Crippen LogP contribution in [0, 0.1) is 0 Å². The third-order valence-electron chi connectivity index (χ3n) is 6.25. The average Bonchev–Trinajstić information content (AvgIpc) is 3.34. The van der Waals surface area contributed by atoms with Crippen molar-refractivity contribution in [3.05, 3.63) is 64.3 Å². The Bertz CT molecular complexity index is 1080. The fraction of sp³-hybridized carbons (Fsp3) is 0.385. The number of aromatic hydroxyl groups is 1. The van der Waals surface area contributed by atoms with E-state index in [2.05, 4.69) is 32.9 Å². The van der Waals surface area contributed by atoms with Crippen molar-refractivity contribution in [2.24, 2.45) is 0 Å². The van der Waals surface area contributed by atoms with E-state index in [0.29, 0.717) is 13.0 Å². The lowest BCUT2D eigenvalue weighted by Gasteiger charge is -2.29. The number of hydrogen-bond acceptors (Lipinski definition) is 5. The van der Waals surface area contributed by atoms with Gasteiger partial charge in [0.25, 0.3) is 0 Å². The van der Waals surface area contributed by atoms with E-state index in [1.165, 1.54) is 11.1 Å². The fourth-order valence-electron chi connectivity index (χ4n) is 4.54. The first-order valence-electron chi connectivity index (χ1n) is 10.9. The van der Waals surface area contributed by atoms with Crippen LogP contribution in [0.25, 0.3) is 0 Å². The van der Waals surface area contributed by atoms with Gasteiger partial charge in [-0.25, -0.2) is 0 Å². The SMILES string of the molecule is CC(C)=CCC/C(C)=C/Cc1c(O)ccc2c1OC[C@@H]1c3cc4c(cc3O[C@H]21)OCO4. The van der Waals surface area contributed by atoms with E-state index in [9.17, 15) is 5.11 Å². The smallest absolute Gasteiger partial charge is 0.231 e. The third-order valence-corrected chi connectivity index (χ3v) is 6.25. The van der Waals surface area contributed by atoms with Gasteiger partial charge in [-0.2, -0.15) is 0 Å². The van der Waals surface area contributed by atoms with E-state index in [4.69, 9.17) is 18.9 Å². The van der Waals surface area contributed by atoms with Crippen LogP contribution >= 0.6 is 0 Å². The molecule has 5 nitrogen and oxygen atoms in total. The second kappa shape index (κ2) is 7.88. The maximum atomic E-state index is 10.6. The van der Waals surface area contributed by atoms with Gasteiger partial charge >= 0.3 is 0 Å². The van der Waals surface area contributed by atoms with E-state index in [1.807, 2.05) is 18.2 Å². The molecule has 2 aromatic carbocycles. The predicted molar refractivity (Wildman–Crippen MR) is 118 cm³/mol. The second-order valence-electron chi connectivity index (χ2n) is 8.76. The molecular formula is C26H28O5. The number of allylic oxidation sites excluding steroid dienone is 4. The molecule has 0 saturated carbocycles. The number of benzene rings is 2. The highest BCUT2D eigenvalue weighted by Crippen LogP contribution is 2.55. The Morgan fingerprint density at radius 2 is 1.81 bits per heavy atom. The third kappa shape index (κ3) is 3.62. The van der Waals surface area contributed by atoms with Gasteiger partial charge in [0.1, 0.15) is 23.4 Å². The summed E-state index contributed by atoms with van der Waals surface area (Å²) in [5.41, 5.74) is 5.54. The summed E-state index contributed by atoms with van der Waals surface area (Å²) in [6, 6.07) is 7.60. The molecule has 0 aliphatic carbocycles. The van der Waals surface area contributed by atoms with Crippen molar-refractivity contribution in [2.45, 2.75) is 52.1 Å². The average molecular weight is 421 g/mol. The molecule has 3 aliphatic heterocycles. The predicted octanol–water partition coefficient (Wildman–Crippen LogP) is 5.97. The van der Waals surface area contributed by atoms with Crippen LogP contribution in [-0.2, 0) is 6.42 Å². The van der Waals surface area contributed by atoms with E-state index < -0.39 is 0 Å². The van der Waals surface area contributed by atoms with Crippen molar-refractivity contribution in [1.82, 2.24) is 0 Å². The number of phenolic OH excluding ortho intramolecular Hbond substituents is 1. The van der Waals surface area contributed by atoms with Crippen molar-refractivity contribution >= 4 is 0 Å². The van der Waals surface area contributed by atoms with Crippen LogP contribution in [0.2, 0.25) is 0 Å². The van der Waals surface area contributed by atoms with Gasteiger partial charge in [-0.05, 0) is 58.2 Å². The Morgan fingerprint density at radius 1 is 1.00 bits per heavy atom. The quantitative estimate of drug-likeness (QED) is 0.604. The van der Waals surface area contributed by atoms with Gasteiger partial charge in [-0.3, -0.25) is 0 Å². The molecule has 2 atom stereocenters. The van der Waals surface area contributed by atoms with Gasteiger partial charge in [0.15, 0.2) is 11.5 Å². The standard InChI is InChI=1S/C26H28O5/c1-15(2)5-4-6-16(3)7-8-17-21(27)10-9-18-25(17)28-13-20-19-11-23-24(30-14-29-23)12-22(19)31-26(18)20/h5,7,9-12,20,26-27H,4,6,8,13-14H2,1-3H3/b16-7+/t20-,26-/m1/s1. The summed E-state index contributed by atoms with van der Waals surface area (Å²) in [4.78, 5) is 0. The lowest BCUT2D eigenvalue weighted by Crippen LogP contribution is -2.24. The molecule has 0 unspecified atom stereocenters. The van der Waals surface area contributed by atoms with Crippen LogP contribution in [0.1, 0.15) is 62.3 Å². The number of fused-ring (bicyclic) bond motifs is 6. The van der Waals surface area contributed by atoms with Crippen molar-refractivity contribution in [1.29, 1.82) is 0 Å². The summed E-state index contributed by atoms with van der Waals surface area (Å²) in [6.07, 6.45) is 6.99. The maximum Gasteiger partial charge on any atom is 0.231 e. The minimum Gasteiger partial charge on any atom is -0.508 e. The van der Waals surface area contributed by atoms with Crippen LogP contribution in [0.5, 0.6) is 28.7 Å². The first kappa shape index (κ1) is 19.9. The van der Waals surface area contributed by atoms with E-state index >= 15 is 0 Å². The zero-order valence-electron chi connectivity index (χ0n) is 18.2. The van der Waals surface area contributed by atoms with Crippen LogP contribution < -0.4 is 18.9 Å². The highest BCUT2D eigenvalue weighted by Gasteiger charge is 2.43. The number of ether oxygens (including phenoxy) is 4. The molecule has 3 heterocycles. The molecule has 0 aromatic heterocycles. The van der Waals surface area contributed by atoms with Crippen LogP contribution in [0.15, 0.2) is 47.6 Å². The summed E-state index contributed by atoms with van der Waals surface area (Å²) in [5.74, 6) is 3.41. The molecule has 0 radical (unpaired) electrons. The molecule has 5 heteroatoms. The Kier molecular flexibility index (Phi) is 5.05. The van der Waals surface area contributed by atoms with Gasteiger partial charge in [0.2, 0.25) is 6.79 Å². The summed E-state index contributed by atoms with van der Waals surface area (Å²) >= 11 is 0. The van der Waals surface area contributed by atoms with Gasteiger partial charge in [-0.15, -0.1) is 0 Å². The van der Waals surface area contributed by atoms with Gasteiger partial charge in [-0.1, -0.05) is 23.3 Å². The second-order valence-corrected chi connectivity index (χ2v) is 8.76. The molecular weight excluding hydrogens is 392 g/mol. The highest BCUT2D eigenvalue weighted by atomic mass is 16.7. The molecule has 31 heavy (non-hydrogen) atoms. The molecule has 0 bridgehead atoms. The van der Waals surface area contributed by atoms with Gasteiger partial charge < -0.3 is 24.1 Å². The fourth-order valence-corrected chi connectivity index (χ4v) is 4.54. The topological polar surface area (TPSA) is 57.2 Å². The zero-order chi connectivity index (χ0) is 21.5. The normalized spacial score (nSPS) is 20.3. The highest BCUT2D eigenvalue weighted by molar-refractivity contribution is 5.59. The van der Waals surface area contributed by atoms with Crippen molar-refractivity contribution in [3.8, 4) is 28.7 Å². The molecule has 0 spiro atoms.